The fourth-order valence-corrected chi connectivity index (χ4v) is 3.13. The number of hydrogen-bond donors (Lipinski definition) is 1. The van der Waals surface area contributed by atoms with Crippen molar-refractivity contribution >= 4 is 28.6 Å². The Hall–Kier alpha value is -2.08. The van der Waals surface area contributed by atoms with Crippen molar-refractivity contribution in [2.24, 2.45) is 5.92 Å². The number of carbonyl (C=O) groups excluding carboxylic acids is 1. The predicted molar refractivity (Wildman–Crippen MR) is 99.4 cm³/mol. The number of nitrogens with zero attached hydrogens (tertiary/aromatic N) is 2. The summed E-state index contributed by atoms with van der Waals surface area (Å²) >= 11 is 1.29. The Morgan fingerprint density at radius 1 is 1.38 bits per heavy atom. The standard InChI is InChI=1S/C18H23N3O2S/c1-5-10-21-17(23)14-8-6-7-9-15(14)20-18(21)24-13(4)16(22)19-11-12(2)3/h5-9,12-13H,1,10-11H2,2-4H3,(H,19,22). The summed E-state index contributed by atoms with van der Waals surface area (Å²) < 4.78 is 1.56. The predicted octanol–water partition coefficient (Wildman–Crippen LogP) is 2.84. The van der Waals surface area contributed by atoms with Crippen molar-refractivity contribution in [1.82, 2.24) is 14.9 Å². The van der Waals surface area contributed by atoms with Gasteiger partial charge in [0.25, 0.3) is 5.56 Å². The quantitative estimate of drug-likeness (QED) is 0.476. The molecule has 128 valence electrons. The first-order valence-corrected chi connectivity index (χ1v) is 8.86. The molecule has 1 atom stereocenters. The second-order valence-corrected chi connectivity index (χ2v) is 7.32. The third kappa shape index (κ3) is 4.26. The Labute approximate surface area is 146 Å². The van der Waals surface area contributed by atoms with Crippen LogP contribution in [0.3, 0.4) is 0 Å². The van der Waals surface area contributed by atoms with Crippen molar-refractivity contribution < 1.29 is 4.79 Å². The van der Waals surface area contributed by atoms with Crippen molar-refractivity contribution in [1.29, 1.82) is 0 Å². The molecule has 0 radical (unpaired) electrons. The van der Waals surface area contributed by atoms with Gasteiger partial charge in [0.1, 0.15) is 0 Å². The van der Waals surface area contributed by atoms with Gasteiger partial charge >= 0.3 is 0 Å². The Bertz CT molecular complexity index is 798. The number of thioether (sulfide) groups is 1. The minimum atomic E-state index is -0.340. The van der Waals surface area contributed by atoms with E-state index in [2.05, 4.69) is 16.9 Å². The zero-order valence-corrected chi connectivity index (χ0v) is 15.1. The number of fused-ring (bicyclic) bond motifs is 1. The molecule has 2 aromatic rings. The highest BCUT2D eigenvalue weighted by Crippen LogP contribution is 2.22. The van der Waals surface area contributed by atoms with Crippen LogP contribution >= 0.6 is 11.8 Å². The lowest BCUT2D eigenvalue weighted by Gasteiger charge is -2.16. The maximum Gasteiger partial charge on any atom is 0.262 e. The number of nitrogens with one attached hydrogen (secondary N) is 1. The first kappa shape index (κ1) is 18.3. The summed E-state index contributed by atoms with van der Waals surface area (Å²) in [6.45, 7) is 10.6. The van der Waals surface area contributed by atoms with Crippen molar-refractivity contribution in [2.75, 3.05) is 6.54 Å². The van der Waals surface area contributed by atoms with E-state index in [1.54, 1.807) is 16.7 Å². The van der Waals surface area contributed by atoms with Gasteiger partial charge in [-0.2, -0.15) is 0 Å². The minimum Gasteiger partial charge on any atom is -0.355 e. The van der Waals surface area contributed by atoms with Crippen LogP contribution in [0, 0.1) is 5.92 Å². The molecular weight excluding hydrogens is 322 g/mol. The lowest BCUT2D eigenvalue weighted by molar-refractivity contribution is -0.120. The zero-order chi connectivity index (χ0) is 17.7. The average molecular weight is 345 g/mol. The molecule has 2 rings (SSSR count). The number of para-hydroxylation sites is 1. The molecule has 0 spiro atoms. The van der Waals surface area contributed by atoms with E-state index in [9.17, 15) is 9.59 Å². The Balaban J connectivity index is 2.33. The SMILES string of the molecule is C=CCn1c(SC(C)C(=O)NCC(C)C)nc2ccccc2c1=O. The maximum atomic E-state index is 12.7. The van der Waals surface area contributed by atoms with Crippen LogP contribution in [-0.4, -0.2) is 27.3 Å². The van der Waals surface area contributed by atoms with Crippen LogP contribution in [-0.2, 0) is 11.3 Å². The van der Waals surface area contributed by atoms with E-state index in [0.717, 1.165) is 0 Å². The van der Waals surface area contributed by atoms with E-state index >= 15 is 0 Å². The van der Waals surface area contributed by atoms with E-state index in [0.29, 0.717) is 35.1 Å². The van der Waals surface area contributed by atoms with Gasteiger partial charge in [0.2, 0.25) is 5.91 Å². The van der Waals surface area contributed by atoms with Crippen LogP contribution < -0.4 is 10.9 Å². The molecule has 24 heavy (non-hydrogen) atoms. The van der Waals surface area contributed by atoms with E-state index in [-0.39, 0.29) is 16.7 Å². The van der Waals surface area contributed by atoms with Gasteiger partial charge in [0.15, 0.2) is 5.16 Å². The molecule has 1 N–H and O–H groups in total. The zero-order valence-electron chi connectivity index (χ0n) is 14.3. The second-order valence-electron chi connectivity index (χ2n) is 6.02. The Morgan fingerprint density at radius 3 is 2.75 bits per heavy atom. The molecule has 6 heteroatoms. The normalized spacial score (nSPS) is 12.3. The monoisotopic (exact) mass is 345 g/mol. The summed E-state index contributed by atoms with van der Waals surface area (Å²) in [5.41, 5.74) is 0.526. The number of amides is 1. The molecule has 0 aliphatic heterocycles. The molecule has 0 saturated heterocycles. The van der Waals surface area contributed by atoms with Crippen molar-refractivity contribution in [3.8, 4) is 0 Å². The number of benzene rings is 1. The molecular formula is C18H23N3O2S. The van der Waals surface area contributed by atoms with Gasteiger partial charge in [0.05, 0.1) is 16.2 Å². The molecule has 1 amide bonds. The van der Waals surface area contributed by atoms with Gasteiger partial charge in [0, 0.05) is 13.1 Å². The minimum absolute atomic E-state index is 0.0544. The summed E-state index contributed by atoms with van der Waals surface area (Å²) in [6.07, 6.45) is 1.66. The highest BCUT2D eigenvalue weighted by atomic mass is 32.2. The maximum absolute atomic E-state index is 12.7. The van der Waals surface area contributed by atoms with Crippen LogP contribution in [0.2, 0.25) is 0 Å². The van der Waals surface area contributed by atoms with Gasteiger partial charge in [-0.05, 0) is 25.0 Å². The van der Waals surface area contributed by atoms with Gasteiger partial charge < -0.3 is 5.32 Å². The molecule has 0 fully saturated rings. The van der Waals surface area contributed by atoms with Crippen LogP contribution in [0.1, 0.15) is 20.8 Å². The highest BCUT2D eigenvalue weighted by molar-refractivity contribution is 8.00. The summed E-state index contributed by atoms with van der Waals surface area (Å²) in [7, 11) is 0. The molecule has 5 nitrogen and oxygen atoms in total. The van der Waals surface area contributed by atoms with E-state index in [1.165, 1.54) is 11.8 Å². The van der Waals surface area contributed by atoms with Gasteiger partial charge in [-0.15, -0.1) is 6.58 Å². The lowest BCUT2D eigenvalue weighted by atomic mass is 10.2. The van der Waals surface area contributed by atoms with E-state index in [4.69, 9.17) is 0 Å². The molecule has 1 unspecified atom stereocenters. The average Bonchev–Trinajstić information content (AvgIpc) is 2.56. The topological polar surface area (TPSA) is 64.0 Å². The number of hydrogen-bond acceptors (Lipinski definition) is 4. The number of allylic oxidation sites excluding steroid dienone is 1. The molecule has 1 aromatic carbocycles. The Morgan fingerprint density at radius 2 is 2.08 bits per heavy atom. The summed E-state index contributed by atoms with van der Waals surface area (Å²) in [6, 6.07) is 7.23. The fourth-order valence-electron chi connectivity index (χ4n) is 2.19. The lowest BCUT2D eigenvalue weighted by Crippen LogP contribution is -2.34. The molecule has 0 saturated carbocycles. The summed E-state index contributed by atoms with van der Waals surface area (Å²) in [5, 5.41) is 3.67. The molecule has 1 aromatic heterocycles. The van der Waals surface area contributed by atoms with Crippen LogP contribution in [0.4, 0.5) is 0 Å². The smallest absolute Gasteiger partial charge is 0.262 e. The van der Waals surface area contributed by atoms with Crippen LogP contribution in [0.15, 0.2) is 46.9 Å². The molecule has 0 aliphatic rings. The molecule has 0 aliphatic carbocycles. The van der Waals surface area contributed by atoms with E-state index < -0.39 is 0 Å². The van der Waals surface area contributed by atoms with Gasteiger partial charge in [-0.25, -0.2) is 4.98 Å². The first-order valence-electron chi connectivity index (χ1n) is 7.99. The van der Waals surface area contributed by atoms with Gasteiger partial charge in [-0.3, -0.25) is 14.2 Å². The summed E-state index contributed by atoms with van der Waals surface area (Å²) in [4.78, 5) is 29.4. The highest BCUT2D eigenvalue weighted by Gasteiger charge is 2.19. The van der Waals surface area contributed by atoms with Crippen LogP contribution in [0.5, 0.6) is 0 Å². The fraction of sp³-hybridized carbons (Fsp3) is 0.389. The van der Waals surface area contributed by atoms with Crippen LogP contribution in [0.25, 0.3) is 10.9 Å². The van der Waals surface area contributed by atoms with Crippen molar-refractivity contribution in [3.63, 3.8) is 0 Å². The second kappa shape index (κ2) is 8.15. The van der Waals surface area contributed by atoms with E-state index in [1.807, 2.05) is 39.0 Å². The van der Waals surface area contributed by atoms with Crippen molar-refractivity contribution in [2.45, 2.75) is 37.7 Å². The number of carbonyl (C=O) groups is 1. The van der Waals surface area contributed by atoms with Gasteiger partial charge in [-0.1, -0.05) is 43.8 Å². The first-order chi connectivity index (χ1) is 11.4. The largest absolute Gasteiger partial charge is 0.355 e. The Kier molecular flexibility index (Phi) is 6.20. The summed E-state index contributed by atoms with van der Waals surface area (Å²) in [5.74, 6) is 0.338. The third-order valence-corrected chi connectivity index (χ3v) is 4.56. The van der Waals surface area contributed by atoms with Crippen molar-refractivity contribution in [3.05, 3.63) is 47.3 Å². The number of rotatable bonds is 7. The number of aromatic nitrogens is 2. The third-order valence-electron chi connectivity index (χ3n) is 3.47. The molecule has 0 bridgehead atoms. The molecule has 1 heterocycles.